The minimum atomic E-state index is 0.545. The summed E-state index contributed by atoms with van der Waals surface area (Å²) in [7, 11) is 0. The topological polar surface area (TPSA) is 56.7 Å². The second kappa shape index (κ2) is 4.18. The van der Waals surface area contributed by atoms with Crippen LogP contribution in [0.25, 0.3) is 11.2 Å². The lowest BCUT2D eigenvalue weighted by Crippen LogP contribution is -2.03. The lowest BCUT2D eigenvalue weighted by atomic mass is 10.3. The summed E-state index contributed by atoms with van der Waals surface area (Å²) >= 11 is 3.37. The third kappa shape index (κ3) is 1.97. The maximum absolute atomic E-state index is 5.84. The monoisotopic (exact) mass is 268 g/mol. The third-order valence-electron chi connectivity index (χ3n) is 2.32. The molecule has 0 atom stereocenters. The highest BCUT2D eigenvalue weighted by Crippen LogP contribution is 2.19. The number of nitrogens with zero attached hydrogens (tertiary/aromatic N) is 3. The summed E-state index contributed by atoms with van der Waals surface area (Å²) in [6, 6.07) is 1.93. The predicted molar refractivity (Wildman–Crippen MR) is 64.5 cm³/mol. The molecule has 4 nitrogen and oxygen atoms in total. The molecule has 2 N–H and O–H groups in total. The van der Waals surface area contributed by atoms with E-state index in [2.05, 4.69) is 32.8 Å². The van der Waals surface area contributed by atoms with Crippen molar-refractivity contribution in [2.45, 2.75) is 26.3 Å². The molecule has 0 saturated heterocycles. The molecular formula is C10H13BrN4. The number of imidazole rings is 1. The maximum Gasteiger partial charge on any atom is 0.202 e. The van der Waals surface area contributed by atoms with Crippen LogP contribution in [-0.4, -0.2) is 14.5 Å². The molecule has 5 heteroatoms. The first-order valence-electron chi connectivity index (χ1n) is 4.99. The van der Waals surface area contributed by atoms with Gasteiger partial charge in [-0.25, -0.2) is 9.97 Å². The van der Waals surface area contributed by atoms with E-state index in [0.29, 0.717) is 5.95 Å². The smallest absolute Gasteiger partial charge is 0.202 e. The number of aryl methyl sites for hydroxylation is 1. The first kappa shape index (κ1) is 10.4. The van der Waals surface area contributed by atoms with E-state index < -0.39 is 0 Å². The Morgan fingerprint density at radius 1 is 1.53 bits per heavy atom. The summed E-state index contributed by atoms with van der Waals surface area (Å²) in [4.78, 5) is 8.60. The van der Waals surface area contributed by atoms with Gasteiger partial charge in [0.2, 0.25) is 5.95 Å². The Bertz CT molecular complexity index is 477. The van der Waals surface area contributed by atoms with Gasteiger partial charge in [-0.15, -0.1) is 0 Å². The molecule has 0 aliphatic heterocycles. The molecule has 0 saturated carbocycles. The van der Waals surface area contributed by atoms with Crippen LogP contribution < -0.4 is 5.73 Å². The van der Waals surface area contributed by atoms with Crippen LogP contribution in [0.1, 0.15) is 19.8 Å². The molecule has 0 radical (unpaired) electrons. The molecule has 2 aromatic heterocycles. The van der Waals surface area contributed by atoms with Crippen molar-refractivity contribution in [1.82, 2.24) is 14.5 Å². The molecule has 2 heterocycles. The van der Waals surface area contributed by atoms with Gasteiger partial charge in [0.1, 0.15) is 5.52 Å². The average molecular weight is 269 g/mol. The molecule has 0 aliphatic carbocycles. The zero-order valence-corrected chi connectivity index (χ0v) is 10.2. The van der Waals surface area contributed by atoms with E-state index in [1.165, 1.54) is 0 Å². The minimum Gasteiger partial charge on any atom is -0.369 e. The number of nitrogens with two attached hydrogens (primary N) is 1. The van der Waals surface area contributed by atoms with E-state index in [1.54, 1.807) is 6.20 Å². The fourth-order valence-electron chi connectivity index (χ4n) is 1.54. The summed E-state index contributed by atoms with van der Waals surface area (Å²) in [5, 5.41) is 0. The molecule has 15 heavy (non-hydrogen) atoms. The molecule has 0 aromatic carbocycles. The van der Waals surface area contributed by atoms with Crippen LogP contribution in [0.2, 0.25) is 0 Å². The van der Waals surface area contributed by atoms with Gasteiger partial charge in [0.25, 0.3) is 0 Å². The van der Waals surface area contributed by atoms with Crippen LogP contribution in [0, 0.1) is 0 Å². The summed E-state index contributed by atoms with van der Waals surface area (Å²) in [6.45, 7) is 3.03. The average Bonchev–Trinajstić information content (AvgIpc) is 2.50. The van der Waals surface area contributed by atoms with Crippen LogP contribution in [0.3, 0.4) is 0 Å². The number of halogens is 1. The van der Waals surface area contributed by atoms with E-state index in [9.17, 15) is 0 Å². The molecule has 0 unspecified atom stereocenters. The second-order valence-electron chi connectivity index (χ2n) is 3.47. The van der Waals surface area contributed by atoms with Gasteiger partial charge < -0.3 is 5.73 Å². The van der Waals surface area contributed by atoms with Gasteiger partial charge >= 0.3 is 0 Å². The predicted octanol–water partition coefficient (Wildman–Crippen LogP) is 2.58. The fourth-order valence-corrected chi connectivity index (χ4v) is 1.86. The summed E-state index contributed by atoms with van der Waals surface area (Å²) in [6.07, 6.45) is 3.99. The van der Waals surface area contributed by atoms with Gasteiger partial charge in [-0.3, -0.25) is 4.57 Å². The lowest BCUT2D eigenvalue weighted by Gasteiger charge is -2.03. The van der Waals surface area contributed by atoms with Gasteiger partial charge in [0.05, 0.1) is 0 Å². The molecule has 0 amide bonds. The normalized spacial score (nSPS) is 11.1. The highest BCUT2D eigenvalue weighted by molar-refractivity contribution is 9.10. The number of hydrogen-bond donors (Lipinski definition) is 1. The standard InChI is InChI=1S/C10H13BrN4/c1-2-3-4-15-9-8(14-10(15)12)5-7(11)6-13-9/h5-6H,2-4H2,1H3,(H2,12,14). The van der Waals surface area contributed by atoms with Crippen molar-refractivity contribution in [2.75, 3.05) is 5.73 Å². The van der Waals surface area contributed by atoms with Crippen LogP contribution >= 0.6 is 15.9 Å². The number of unbranched alkanes of at least 4 members (excludes halogenated alkanes) is 1. The molecule has 0 fully saturated rings. The Morgan fingerprint density at radius 2 is 2.33 bits per heavy atom. The van der Waals surface area contributed by atoms with E-state index >= 15 is 0 Å². The van der Waals surface area contributed by atoms with Crippen molar-refractivity contribution >= 4 is 33.0 Å². The second-order valence-corrected chi connectivity index (χ2v) is 4.39. The van der Waals surface area contributed by atoms with Crippen LogP contribution in [0.4, 0.5) is 5.95 Å². The van der Waals surface area contributed by atoms with Crippen LogP contribution in [-0.2, 0) is 6.54 Å². The Labute approximate surface area is 96.6 Å². The highest BCUT2D eigenvalue weighted by atomic mass is 79.9. The van der Waals surface area contributed by atoms with E-state index in [4.69, 9.17) is 5.73 Å². The summed E-state index contributed by atoms with van der Waals surface area (Å²) < 4.78 is 2.89. The fraction of sp³-hybridized carbons (Fsp3) is 0.400. The third-order valence-corrected chi connectivity index (χ3v) is 2.75. The van der Waals surface area contributed by atoms with Gasteiger partial charge in [-0.2, -0.15) is 0 Å². The molecule has 2 rings (SSSR count). The van der Waals surface area contributed by atoms with E-state index in [-0.39, 0.29) is 0 Å². The summed E-state index contributed by atoms with van der Waals surface area (Å²) in [5.74, 6) is 0.545. The van der Waals surface area contributed by atoms with Crippen molar-refractivity contribution in [3.05, 3.63) is 16.7 Å². The Hall–Kier alpha value is -1.10. The van der Waals surface area contributed by atoms with Crippen molar-refractivity contribution in [2.24, 2.45) is 0 Å². The summed E-state index contributed by atoms with van der Waals surface area (Å²) in [5.41, 5.74) is 7.55. The zero-order valence-electron chi connectivity index (χ0n) is 8.57. The quantitative estimate of drug-likeness (QED) is 0.931. The molecule has 2 aromatic rings. The highest BCUT2D eigenvalue weighted by Gasteiger charge is 2.08. The number of fused-ring (bicyclic) bond motifs is 1. The maximum atomic E-state index is 5.84. The van der Waals surface area contributed by atoms with E-state index in [0.717, 1.165) is 35.0 Å². The van der Waals surface area contributed by atoms with Gasteiger partial charge in [-0.1, -0.05) is 13.3 Å². The van der Waals surface area contributed by atoms with Gasteiger partial charge in [0, 0.05) is 17.2 Å². The van der Waals surface area contributed by atoms with Crippen molar-refractivity contribution in [1.29, 1.82) is 0 Å². The number of aromatic nitrogens is 3. The number of hydrogen-bond acceptors (Lipinski definition) is 3. The zero-order chi connectivity index (χ0) is 10.8. The molecule has 0 aliphatic rings. The Balaban J connectivity index is 2.48. The Morgan fingerprint density at radius 3 is 3.07 bits per heavy atom. The van der Waals surface area contributed by atoms with Crippen molar-refractivity contribution < 1.29 is 0 Å². The van der Waals surface area contributed by atoms with Gasteiger partial charge in [0.15, 0.2) is 5.65 Å². The van der Waals surface area contributed by atoms with Crippen molar-refractivity contribution in [3.63, 3.8) is 0 Å². The first-order valence-corrected chi connectivity index (χ1v) is 5.79. The Kier molecular flexibility index (Phi) is 2.90. The van der Waals surface area contributed by atoms with Crippen LogP contribution in [0.5, 0.6) is 0 Å². The largest absolute Gasteiger partial charge is 0.369 e. The SMILES string of the molecule is CCCCn1c(N)nc2cc(Br)cnc21. The minimum absolute atomic E-state index is 0.545. The molecule has 0 spiro atoms. The number of anilines is 1. The van der Waals surface area contributed by atoms with Gasteiger partial charge in [-0.05, 0) is 28.4 Å². The molecular weight excluding hydrogens is 256 g/mol. The van der Waals surface area contributed by atoms with E-state index in [1.807, 2.05) is 10.6 Å². The number of pyridine rings is 1. The molecule has 80 valence electrons. The van der Waals surface area contributed by atoms with Crippen molar-refractivity contribution in [3.8, 4) is 0 Å². The number of nitrogen functional groups attached to an aromatic ring is 1. The van der Waals surface area contributed by atoms with Crippen LogP contribution in [0.15, 0.2) is 16.7 Å². The number of rotatable bonds is 3. The molecule has 0 bridgehead atoms. The first-order chi connectivity index (χ1) is 7.22. The lowest BCUT2D eigenvalue weighted by molar-refractivity contribution is 0.649.